The molecular formula is C19H22ClN5O. The molecule has 7 heteroatoms. The summed E-state index contributed by atoms with van der Waals surface area (Å²) in [6.45, 7) is 5.36. The Bertz CT molecular complexity index is 853. The molecule has 26 heavy (non-hydrogen) atoms. The quantitative estimate of drug-likeness (QED) is 0.690. The van der Waals surface area contributed by atoms with Crippen LogP contribution in [0, 0.1) is 5.92 Å². The lowest BCUT2D eigenvalue weighted by Crippen LogP contribution is -2.27. The molecule has 0 fully saturated rings. The second-order valence-electron chi connectivity index (χ2n) is 6.57. The van der Waals surface area contributed by atoms with Gasteiger partial charge in [0.1, 0.15) is 0 Å². The standard InChI is InChI=1S/C19H22ClN5O/c1-14(2)9-10-21-18(26)17-19(24-11-3-4-12-24)25(23-22-17)13-15-5-7-16(20)8-6-15/h3-8,11-12,14H,9-10,13H2,1-2H3,(H,21,26). The number of carbonyl (C=O) groups excluding carboxylic acids is 1. The van der Waals surface area contributed by atoms with Gasteiger partial charge in [0.05, 0.1) is 6.54 Å². The molecule has 0 saturated carbocycles. The van der Waals surface area contributed by atoms with E-state index in [-0.39, 0.29) is 5.91 Å². The fourth-order valence-corrected chi connectivity index (χ4v) is 2.74. The summed E-state index contributed by atoms with van der Waals surface area (Å²) in [4.78, 5) is 12.6. The first-order chi connectivity index (χ1) is 12.5. The van der Waals surface area contributed by atoms with Crippen molar-refractivity contribution in [2.45, 2.75) is 26.8 Å². The van der Waals surface area contributed by atoms with E-state index in [2.05, 4.69) is 29.5 Å². The number of carbonyl (C=O) groups is 1. The molecule has 0 spiro atoms. The third-order valence-electron chi connectivity index (χ3n) is 4.03. The van der Waals surface area contributed by atoms with Gasteiger partial charge in [0.2, 0.25) is 0 Å². The van der Waals surface area contributed by atoms with Crippen molar-refractivity contribution in [2.75, 3.05) is 6.54 Å². The Morgan fingerprint density at radius 3 is 2.54 bits per heavy atom. The van der Waals surface area contributed by atoms with Crippen LogP contribution < -0.4 is 5.32 Å². The van der Waals surface area contributed by atoms with Gasteiger partial charge in [0, 0.05) is 24.0 Å². The Morgan fingerprint density at radius 1 is 1.19 bits per heavy atom. The van der Waals surface area contributed by atoms with E-state index in [1.54, 1.807) is 4.68 Å². The molecule has 0 aliphatic carbocycles. The molecule has 3 aromatic rings. The second kappa shape index (κ2) is 8.19. The van der Waals surface area contributed by atoms with Crippen molar-refractivity contribution in [3.63, 3.8) is 0 Å². The van der Waals surface area contributed by atoms with Crippen molar-refractivity contribution in [1.82, 2.24) is 24.9 Å². The van der Waals surface area contributed by atoms with Gasteiger partial charge in [-0.2, -0.15) is 0 Å². The number of nitrogens with one attached hydrogen (secondary N) is 1. The van der Waals surface area contributed by atoms with Gasteiger partial charge in [-0.05, 0) is 42.2 Å². The van der Waals surface area contributed by atoms with E-state index in [4.69, 9.17) is 11.6 Å². The zero-order chi connectivity index (χ0) is 18.5. The van der Waals surface area contributed by atoms with Crippen molar-refractivity contribution in [3.05, 3.63) is 65.1 Å². The molecular weight excluding hydrogens is 350 g/mol. The molecule has 0 aliphatic heterocycles. The van der Waals surface area contributed by atoms with Gasteiger partial charge in [-0.3, -0.25) is 4.79 Å². The molecule has 0 atom stereocenters. The maximum Gasteiger partial charge on any atom is 0.275 e. The van der Waals surface area contributed by atoms with Crippen LogP contribution >= 0.6 is 11.6 Å². The summed E-state index contributed by atoms with van der Waals surface area (Å²) in [6, 6.07) is 11.4. The number of hydrogen-bond donors (Lipinski definition) is 1. The minimum Gasteiger partial charge on any atom is -0.351 e. The number of rotatable bonds is 7. The van der Waals surface area contributed by atoms with E-state index in [9.17, 15) is 4.79 Å². The molecule has 6 nitrogen and oxygen atoms in total. The fraction of sp³-hybridized carbons (Fsp3) is 0.316. The minimum absolute atomic E-state index is 0.211. The lowest BCUT2D eigenvalue weighted by Gasteiger charge is -2.10. The van der Waals surface area contributed by atoms with E-state index in [1.807, 2.05) is 53.4 Å². The average molecular weight is 372 g/mol. The maximum atomic E-state index is 12.6. The third-order valence-corrected chi connectivity index (χ3v) is 4.28. The zero-order valence-electron chi connectivity index (χ0n) is 14.9. The molecule has 1 aromatic carbocycles. The van der Waals surface area contributed by atoms with Crippen molar-refractivity contribution in [1.29, 1.82) is 0 Å². The smallest absolute Gasteiger partial charge is 0.275 e. The summed E-state index contributed by atoms with van der Waals surface area (Å²) in [7, 11) is 0. The highest BCUT2D eigenvalue weighted by atomic mass is 35.5. The van der Waals surface area contributed by atoms with Crippen LogP contribution in [0.15, 0.2) is 48.8 Å². The number of nitrogens with zero attached hydrogens (tertiary/aromatic N) is 4. The van der Waals surface area contributed by atoms with E-state index in [0.29, 0.717) is 35.5 Å². The number of aromatic nitrogens is 4. The van der Waals surface area contributed by atoms with Gasteiger partial charge in [-0.1, -0.05) is 42.8 Å². The van der Waals surface area contributed by atoms with Crippen LogP contribution in [0.4, 0.5) is 0 Å². The normalized spacial score (nSPS) is 11.1. The molecule has 0 bridgehead atoms. The van der Waals surface area contributed by atoms with E-state index < -0.39 is 0 Å². The van der Waals surface area contributed by atoms with E-state index >= 15 is 0 Å². The van der Waals surface area contributed by atoms with Crippen LogP contribution in [0.1, 0.15) is 36.3 Å². The Labute approximate surface area is 157 Å². The highest BCUT2D eigenvalue weighted by Crippen LogP contribution is 2.16. The summed E-state index contributed by atoms with van der Waals surface area (Å²) in [5.41, 5.74) is 1.35. The fourth-order valence-electron chi connectivity index (χ4n) is 2.61. The van der Waals surface area contributed by atoms with Crippen LogP contribution in [0.5, 0.6) is 0 Å². The summed E-state index contributed by atoms with van der Waals surface area (Å²) < 4.78 is 3.58. The molecule has 2 aromatic heterocycles. The molecule has 3 rings (SSSR count). The third kappa shape index (κ3) is 4.32. The summed E-state index contributed by atoms with van der Waals surface area (Å²) in [5.74, 6) is 0.962. The average Bonchev–Trinajstić information content (AvgIpc) is 3.25. The van der Waals surface area contributed by atoms with E-state index in [1.165, 1.54) is 0 Å². The number of benzene rings is 1. The summed E-state index contributed by atoms with van der Waals surface area (Å²) in [5, 5.41) is 12.0. The number of halogens is 1. The highest BCUT2D eigenvalue weighted by Gasteiger charge is 2.21. The lowest BCUT2D eigenvalue weighted by atomic mass is 10.1. The molecule has 2 heterocycles. The molecule has 136 valence electrons. The van der Waals surface area contributed by atoms with Crippen LogP contribution in [-0.4, -0.2) is 32.0 Å². The van der Waals surface area contributed by atoms with E-state index in [0.717, 1.165) is 12.0 Å². The van der Waals surface area contributed by atoms with Gasteiger partial charge in [-0.15, -0.1) is 5.10 Å². The Kier molecular flexibility index (Phi) is 5.73. The Balaban J connectivity index is 1.87. The van der Waals surface area contributed by atoms with Gasteiger partial charge < -0.3 is 9.88 Å². The first-order valence-electron chi connectivity index (χ1n) is 8.64. The summed E-state index contributed by atoms with van der Waals surface area (Å²) in [6.07, 6.45) is 4.67. The minimum atomic E-state index is -0.211. The van der Waals surface area contributed by atoms with Crippen LogP contribution in [0.3, 0.4) is 0 Å². The molecule has 1 N–H and O–H groups in total. The second-order valence-corrected chi connectivity index (χ2v) is 7.01. The van der Waals surface area contributed by atoms with Crippen molar-refractivity contribution >= 4 is 17.5 Å². The molecule has 1 amide bonds. The molecule has 0 radical (unpaired) electrons. The van der Waals surface area contributed by atoms with Crippen LogP contribution in [-0.2, 0) is 6.54 Å². The lowest BCUT2D eigenvalue weighted by molar-refractivity contribution is 0.0947. The Morgan fingerprint density at radius 2 is 1.88 bits per heavy atom. The van der Waals surface area contributed by atoms with Gasteiger partial charge in [-0.25, -0.2) is 4.68 Å². The van der Waals surface area contributed by atoms with Crippen molar-refractivity contribution in [3.8, 4) is 5.82 Å². The zero-order valence-corrected chi connectivity index (χ0v) is 15.6. The number of hydrogen-bond acceptors (Lipinski definition) is 3. The molecule has 0 unspecified atom stereocenters. The monoisotopic (exact) mass is 371 g/mol. The van der Waals surface area contributed by atoms with Crippen molar-refractivity contribution < 1.29 is 4.79 Å². The molecule has 0 saturated heterocycles. The van der Waals surface area contributed by atoms with Crippen LogP contribution in [0.25, 0.3) is 5.82 Å². The first kappa shape index (κ1) is 18.2. The summed E-state index contributed by atoms with van der Waals surface area (Å²) >= 11 is 5.95. The highest BCUT2D eigenvalue weighted by molar-refractivity contribution is 6.30. The first-order valence-corrected chi connectivity index (χ1v) is 9.02. The van der Waals surface area contributed by atoms with Crippen molar-refractivity contribution in [2.24, 2.45) is 5.92 Å². The molecule has 0 aliphatic rings. The predicted molar refractivity (Wildman–Crippen MR) is 102 cm³/mol. The number of amides is 1. The maximum absolute atomic E-state index is 12.6. The van der Waals surface area contributed by atoms with Gasteiger partial charge >= 0.3 is 0 Å². The van der Waals surface area contributed by atoms with Gasteiger partial charge in [0.15, 0.2) is 11.5 Å². The van der Waals surface area contributed by atoms with Gasteiger partial charge in [0.25, 0.3) is 5.91 Å². The Hall–Kier alpha value is -2.60. The van der Waals surface area contributed by atoms with Crippen LogP contribution in [0.2, 0.25) is 5.02 Å². The SMILES string of the molecule is CC(C)CCNC(=O)c1nnn(Cc2ccc(Cl)cc2)c1-n1cccc1. The topological polar surface area (TPSA) is 64.7 Å². The predicted octanol–water partition coefficient (Wildman–Crippen LogP) is 3.55. The largest absolute Gasteiger partial charge is 0.351 e.